The molecule has 0 aliphatic rings. The van der Waals surface area contributed by atoms with Gasteiger partial charge < -0.3 is 15.0 Å². The molecule has 9 heteroatoms. The van der Waals surface area contributed by atoms with Crippen LogP contribution in [0.5, 0.6) is 5.75 Å². The van der Waals surface area contributed by atoms with Gasteiger partial charge in [-0.15, -0.1) is 0 Å². The van der Waals surface area contributed by atoms with Crippen molar-refractivity contribution in [3.63, 3.8) is 0 Å². The van der Waals surface area contributed by atoms with Crippen LogP contribution in [0.3, 0.4) is 0 Å². The molecule has 0 aliphatic carbocycles. The van der Waals surface area contributed by atoms with E-state index >= 15 is 0 Å². The smallest absolute Gasteiger partial charge is 0.244 e. The van der Waals surface area contributed by atoms with E-state index in [4.69, 9.17) is 4.74 Å². The van der Waals surface area contributed by atoms with Crippen LogP contribution in [0.4, 0.5) is 5.69 Å². The summed E-state index contributed by atoms with van der Waals surface area (Å²) in [6.07, 6.45) is 1.80. The minimum Gasteiger partial charge on any atom is -0.497 e. The number of methoxy groups -OCH3 is 1. The third-order valence-corrected chi connectivity index (χ3v) is 6.93. The van der Waals surface area contributed by atoms with Crippen molar-refractivity contribution >= 4 is 27.5 Å². The number of ether oxygens (including phenoxy) is 1. The van der Waals surface area contributed by atoms with E-state index < -0.39 is 28.5 Å². The highest BCUT2D eigenvalue weighted by Gasteiger charge is 2.30. The van der Waals surface area contributed by atoms with Crippen LogP contribution in [0.25, 0.3) is 0 Å². The molecule has 8 nitrogen and oxygen atoms in total. The van der Waals surface area contributed by atoms with E-state index in [9.17, 15) is 18.0 Å². The molecule has 0 heterocycles. The lowest BCUT2D eigenvalue weighted by atomic mass is 10.1. The largest absolute Gasteiger partial charge is 0.497 e. The summed E-state index contributed by atoms with van der Waals surface area (Å²) in [5.41, 5.74) is 2.16. The van der Waals surface area contributed by atoms with Gasteiger partial charge in [-0.2, -0.15) is 0 Å². The summed E-state index contributed by atoms with van der Waals surface area (Å²) in [4.78, 5) is 27.9. The number of nitrogens with one attached hydrogen (secondary N) is 1. The highest BCUT2D eigenvalue weighted by Crippen LogP contribution is 2.24. The van der Waals surface area contributed by atoms with Gasteiger partial charge in [-0.05, 0) is 50.5 Å². The van der Waals surface area contributed by atoms with Crippen molar-refractivity contribution in [2.24, 2.45) is 0 Å². The quantitative estimate of drug-likeness (QED) is 0.523. The predicted molar refractivity (Wildman–Crippen MR) is 134 cm³/mol. The van der Waals surface area contributed by atoms with E-state index in [1.54, 1.807) is 31.2 Å². The van der Waals surface area contributed by atoms with Crippen molar-refractivity contribution in [3.05, 3.63) is 59.7 Å². The molecule has 0 fully saturated rings. The van der Waals surface area contributed by atoms with Gasteiger partial charge in [0.2, 0.25) is 21.8 Å². The second-order valence-electron chi connectivity index (χ2n) is 8.41. The van der Waals surface area contributed by atoms with Gasteiger partial charge in [0.25, 0.3) is 0 Å². The van der Waals surface area contributed by atoms with E-state index in [1.807, 2.05) is 45.0 Å². The molecule has 1 N–H and O–H groups in total. The molecule has 2 aromatic carbocycles. The van der Waals surface area contributed by atoms with Crippen LogP contribution in [0.15, 0.2) is 48.5 Å². The number of nitrogens with zero attached hydrogens (tertiary/aromatic N) is 2. The van der Waals surface area contributed by atoms with Crippen LogP contribution in [-0.2, 0) is 26.2 Å². The molecule has 0 bridgehead atoms. The summed E-state index contributed by atoms with van der Waals surface area (Å²) in [6, 6.07) is 13.3. The molecule has 0 saturated heterocycles. The first-order valence-corrected chi connectivity index (χ1v) is 13.1. The molecule has 0 aliphatic heterocycles. The monoisotopic (exact) mass is 489 g/mol. The SMILES string of the molecule is CCC(C)NC(=O)C(C)N(Cc1ccccc1C)C(=O)CN(c1cccc(OC)c1)S(C)(=O)=O. The van der Waals surface area contributed by atoms with Crippen LogP contribution in [0.1, 0.15) is 38.3 Å². The molecule has 2 atom stereocenters. The van der Waals surface area contributed by atoms with E-state index in [0.29, 0.717) is 11.4 Å². The van der Waals surface area contributed by atoms with Gasteiger partial charge in [-0.3, -0.25) is 13.9 Å². The average Bonchev–Trinajstić information content (AvgIpc) is 2.80. The molecule has 0 radical (unpaired) electrons. The molecule has 0 aromatic heterocycles. The van der Waals surface area contributed by atoms with Crippen molar-refractivity contribution in [2.75, 3.05) is 24.2 Å². The van der Waals surface area contributed by atoms with Gasteiger partial charge in [-0.25, -0.2) is 8.42 Å². The molecule has 186 valence electrons. The molecule has 2 amide bonds. The van der Waals surface area contributed by atoms with Crippen LogP contribution >= 0.6 is 0 Å². The number of sulfonamides is 1. The highest BCUT2D eigenvalue weighted by atomic mass is 32.2. The van der Waals surface area contributed by atoms with Crippen molar-refractivity contribution in [1.82, 2.24) is 10.2 Å². The minimum atomic E-state index is -3.79. The topological polar surface area (TPSA) is 96.0 Å². The summed E-state index contributed by atoms with van der Waals surface area (Å²) in [6.45, 7) is 7.18. The zero-order valence-electron chi connectivity index (χ0n) is 20.7. The minimum absolute atomic E-state index is 0.0466. The Morgan fingerprint density at radius 1 is 1.09 bits per heavy atom. The van der Waals surface area contributed by atoms with Crippen molar-refractivity contribution in [2.45, 2.75) is 52.7 Å². The molecule has 2 rings (SSSR count). The summed E-state index contributed by atoms with van der Waals surface area (Å²) < 4.78 is 31.5. The Morgan fingerprint density at radius 2 is 1.76 bits per heavy atom. The number of amides is 2. The summed E-state index contributed by atoms with van der Waals surface area (Å²) in [5, 5.41) is 2.91. The summed E-state index contributed by atoms with van der Waals surface area (Å²) in [7, 11) is -2.31. The molecule has 2 unspecified atom stereocenters. The first kappa shape index (κ1) is 27.2. The standard InChI is InChI=1S/C25H35N3O5S/c1-7-19(3)26-25(30)20(4)27(16-21-12-9-8-11-18(21)2)24(29)17-28(34(6,31)32)22-13-10-14-23(15-22)33-5/h8-15,19-20H,7,16-17H2,1-6H3,(H,26,30). The Labute approximate surface area is 202 Å². The van der Waals surface area contributed by atoms with Gasteiger partial charge in [0.1, 0.15) is 18.3 Å². The lowest BCUT2D eigenvalue weighted by molar-refractivity contribution is -0.139. The maximum atomic E-state index is 13.6. The maximum absolute atomic E-state index is 13.6. The third-order valence-electron chi connectivity index (χ3n) is 5.79. The van der Waals surface area contributed by atoms with E-state index in [-0.39, 0.29) is 18.5 Å². The molecular formula is C25H35N3O5S. The van der Waals surface area contributed by atoms with Gasteiger partial charge in [-0.1, -0.05) is 37.3 Å². The molecular weight excluding hydrogens is 454 g/mol. The Bertz CT molecular complexity index is 1100. The number of aryl methyl sites for hydroxylation is 1. The zero-order chi connectivity index (χ0) is 25.5. The van der Waals surface area contributed by atoms with Crippen LogP contribution in [0.2, 0.25) is 0 Å². The van der Waals surface area contributed by atoms with Crippen molar-refractivity contribution < 1.29 is 22.7 Å². The summed E-state index contributed by atoms with van der Waals surface area (Å²) >= 11 is 0. The fourth-order valence-corrected chi connectivity index (χ4v) is 4.24. The van der Waals surface area contributed by atoms with Gasteiger partial charge >= 0.3 is 0 Å². The van der Waals surface area contributed by atoms with Gasteiger partial charge in [0, 0.05) is 18.7 Å². The van der Waals surface area contributed by atoms with Crippen molar-refractivity contribution in [3.8, 4) is 5.75 Å². The Hall–Kier alpha value is -3.07. The highest BCUT2D eigenvalue weighted by molar-refractivity contribution is 7.92. The van der Waals surface area contributed by atoms with E-state index in [1.165, 1.54) is 12.0 Å². The normalized spacial score (nSPS) is 13.0. The zero-order valence-corrected chi connectivity index (χ0v) is 21.6. The molecule has 34 heavy (non-hydrogen) atoms. The number of carbonyl (C=O) groups is 2. The van der Waals surface area contributed by atoms with Gasteiger partial charge in [0.05, 0.1) is 19.1 Å². The van der Waals surface area contributed by atoms with E-state index in [0.717, 1.165) is 28.1 Å². The molecule has 0 spiro atoms. The fraction of sp³-hybridized carbons (Fsp3) is 0.440. The number of rotatable bonds is 11. The van der Waals surface area contributed by atoms with E-state index in [2.05, 4.69) is 5.32 Å². The number of carbonyl (C=O) groups excluding carboxylic acids is 2. The maximum Gasteiger partial charge on any atom is 0.244 e. The number of anilines is 1. The van der Waals surface area contributed by atoms with Crippen LogP contribution in [-0.4, -0.2) is 57.1 Å². The van der Waals surface area contributed by atoms with Crippen molar-refractivity contribution in [1.29, 1.82) is 0 Å². The molecule has 2 aromatic rings. The lowest BCUT2D eigenvalue weighted by Gasteiger charge is -2.32. The lowest BCUT2D eigenvalue weighted by Crippen LogP contribution is -2.52. The van der Waals surface area contributed by atoms with Crippen LogP contribution < -0.4 is 14.4 Å². The Kier molecular flexibility index (Phi) is 9.49. The first-order chi connectivity index (χ1) is 16.0. The second-order valence-corrected chi connectivity index (χ2v) is 10.3. The third kappa shape index (κ3) is 7.21. The predicted octanol–water partition coefficient (Wildman–Crippen LogP) is 3.10. The number of hydrogen-bond acceptors (Lipinski definition) is 5. The second kappa shape index (κ2) is 11.9. The number of hydrogen-bond donors (Lipinski definition) is 1. The Balaban J connectivity index is 2.41. The molecule has 0 saturated carbocycles. The number of benzene rings is 2. The first-order valence-electron chi connectivity index (χ1n) is 11.2. The Morgan fingerprint density at radius 3 is 2.35 bits per heavy atom. The summed E-state index contributed by atoms with van der Waals surface area (Å²) in [5.74, 6) is -0.302. The van der Waals surface area contributed by atoms with Gasteiger partial charge in [0.15, 0.2) is 0 Å². The average molecular weight is 490 g/mol. The van der Waals surface area contributed by atoms with Crippen LogP contribution in [0, 0.1) is 6.92 Å². The fourth-order valence-electron chi connectivity index (χ4n) is 3.40.